The molecule has 1 aliphatic heterocycles. The SMILES string of the molecule is OC1(CCCc2c[nH]c3ccccc23)CCNC1. The van der Waals surface area contributed by atoms with Crippen molar-refractivity contribution in [1.82, 2.24) is 10.3 Å². The van der Waals surface area contributed by atoms with E-state index >= 15 is 0 Å². The third kappa shape index (κ3) is 2.28. The van der Waals surface area contributed by atoms with Crippen LogP contribution in [0.25, 0.3) is 10.9 Å². The van der Waals surface area contributed by atoms with Crippen LogP contribution in [-0.2, 0) is 6.42 Å². The summed E-state index contributed by atoms with van der Waals surface area (Å²) in [6, 6.07) is 8.39. The number of aryl methyl sites for hydroxylation is 1. The molecule has 0 spiro atoms. The van der Waals surface area contributed by atoms with Crippen LogP contribution in [0.3, 0.4) is 0 Å². The van der Waals surface area contributed by atoms with E-state index in [0.29, 0.717) is 0 Å². The Morgan fingerprint density at radius 1 is 1.28 bits per heavy atom. The van der Waals surface area contributed by atoms with Crippen LogP contribution < -0.4 is 5.32 Å². The molecular weight excluding hydrogens is 224 g/mol. The molecule has 1 saturated heterocycles. The number of para-hydroxylation sites is 1. The van der Waals surface area contributed by atoms with Crippen LogP contribution in [0.1, 0.15) is 24.8 Å². The van der Waals surface area contributed by atoms with Gasteiger partial charge in [-0.05, 0) is 43.9 Å². The molecule has 18 heavy (non-hydrogen) atoms. The predicted octanol–water partition coefficient (Wildman–Crippen LogP) is 2.21. The highest BCUT2D eigenvalue weighted by Gasteiger charge is 2.29. The van der Waals surface area contributed by atoms with Crippen LogP contribution in [0.5, 0.6) is 0 Å². The van der Waals surface area contributed by atoms with Crippen molar-refractivity contribution in [2.24, 2.45) is 0 Å². The van der Waals surface area contributed by atoms with E-state index in [0.717, 1.165) is 38.8 Å². The summed E-state index contributed by atoms with van der Waals surface area (Å²) in [6.45, 7) is 1.70. The molecule has 0 aliphatic carbocycles. The van der Waals surface area contributed by atoms with Gasteiger partial charge >= 0.3 is 0 Å². The lowest BCUT2D eigenvalue weighted by Gasteiger charge is -2.20. The third-order valence-electron chi connectivity index (χ3n) is 3.98. The number of hydrogen-bond donors (Lipinski definition) is 3. The summed E-state index contributed by atoms with van der Waals surface area (Å²) in [5.74, 6) is 0. The average molecular weight is 244 g/mol. The smallest absolute Gasteiger partial charge is 0.0783 e. The fourth-order valence-corrected chi connectivity index (χ4v) is 2.89. The fourth-order valence-electron chi connectivity index (χ4n) is 2.89. The number of benzene rings is 1. The molecule has 1 aromatic heterocycles. The lowest BCUT2D eigenvalue weighted by atomic mass is 9.94. The van der Waals surface area contributed by atoms with Gasteiger partial charge in [-0.25, -0.2) is 0 Å². The van der Waals surface area contributed by atoms with E-state index in [1.165, 1.54) is 16.5 Å². The molecule has 96 valence electrons. The van der Waals surface area contributed by atoms with Gasteiger partial charge in [0.2, 0.25) is 0 Å². The molecule has 1 fully saturated rings. The lowest BCUT2D eigenvalue weighted by Crippen LogP contribution is -2.31. The first-order valence-electron chi connectivity index (χ1n) is 6.75. The van der Waals surface area contributed by atoms with Crippen LogP contribution >= 0.6 is 0 Å². The molecule has 3 nitrogen and oxygen atoms in total. The molecule has 2 heterocycles. The Labute approximate surface area is 107 Å². The van der Waals surface area contributed by atoms with E-state index in [1.54, 1.807) is 0 Å². The van der Waals surface area contributed by atoms with Gasteiger partial charge in [-0.15, -0.1) is 0 Å². The van der Waals surface area contributed by atoms with Crippen molar-refractivity contribution in [3.63, 3.8) is 0 Å². The summed E-state index contributed by atoms with van der Waals surface area (Å²) < 4.78 is 0. The number of aromatic nitrogens is 1. The molecule has 3 heteroatoms. The maximum Gasteiger partial charge on any atom is 0.0783 e. The predicted molar refractivity (Wildman–Crippen MR) is 73.7 cm³/mol. The molecule has 3 N–H and O–H groups in total. The van der Waals surface area contributed by atoms with Crippen LogP contribution in [0, 0.1) is 0 Å². The van der Waals surface area contributed by atoms with Crippen molar-refractivity contribution in [3.8, 4) is 0 Å². The average Bonchev–Trinajstić information content (AvgIpc) is 2.97. The number of aromatic amines is 1. The number of rotatable bonds is 4. The van der Waals surface area contributed by atoms with Crippen LogP contribution in [0.4, 0.5) is 0 Å². The Balaban J connectivity index is 1.63. The number of β-amino-alcohol motifs (C(OH)–C–C–N with tert-alkyl or cyclic N) is 1. The Morgan fingerprint density at radius 3 is 3.00 bits per heavy atom. The topological polar surface area (TPSA) is 48.0 Å². The van der Waals surface area contributed by atoms with Gasteiger partial charge in [-0.2, -0.15) is 0 Å². The minimum absolute atomic E-state index is 0.466. The van der Waals surface area contributed by atoms with Gasteiger partial charge in [-0.3, -0.25) is 0 Å². The maximum absolute atomic E-state index is 10.3. The minimum Gasteiger partial charge on any atom is -0.389 e. The molecule has 1 unspecified atom stereocenters. The number of H-pyrrole nitrogens is 1. The molecule has 0 bridgehead atoms. The Bertz CT molecular complexity index is 526. The normalized spacial score (nSPS) is 23.8. The summed E-state index contributed by atoms with van der Waals surface area (Å²) in [5.41, 5.74) is 2.10. The standard InChI is InChI=1S/C15H20N2O/c18-15(8-9-16-11-15)7-3-4-12-10-17-14-6-2-1-5-13(12)14/h1-2,5-6,10,16-18H,3-4,7-9,11H2. The van der Waals surface area contributed by atoms with Gasteiger partial charge in [0.1, 0.15) is 0 Å². The van der Waals surface area contributed by atoms with Crippen molar-refractivity contribution in [2.75, 3.05) is 13.1 Å². The number of aliphatic hydroxyl groups is 1. The van der Waals surface area contributed by atoms with Gasteiger partial charge in [0.05, 0.1) is 5.60 Å². The molecule has 3 rings (SSSR count). The molecule has 0 saturated carbocycles. The van der Waals surface area contributed by atoms with Crippen molar-refractivity contribution in [3.05, 3.63) is 36.0 Å². The van der Waals surface area contributed by atoms with E-state index in [1.807, 2.05) is 0 Å². The first-order chi connectivity index (χ1) is 8.77. The quantitative estimate of drug-likeness (QED) is 0.772. The molecule has 1 aromatic carbocycles. The van der Waals surface area contributed by atoms with E-state index in [2.05, 4.69) is 40.8 Å². The van der Waals surface area contributed by atoms with E-state index in [-0.39, 0.29) is 0 Å². The van der Waals surface area contributed by atoms with Gasteiger partial charge < -0.3 is 15.4 Å². The summed E-state index contributed by atoms with van der Waals surface area (Å²) >= 11 is 0. The molecule has 0 amide bonds. The van der Waals surface area contributed by atoms with Gasteiger partial charge in [0, 0.05) is 23.6 Å². The third-order valence-corrected chi connectivity index (χ3v) is 3.98. The summed E-state index contributed by atoms with van der Waals surface area (Å²) in [4.78, 5) is 3.30. The van der Waals surface area contributed by atoms with Crippen molar-refractivity contribution >= 4 is 10.9 Å². The minimum atomic E-state index is -0.466. The molecule has 0 radical (unpaired) electrons. The highest BCUT2D eigenvalue weighted by molar-refractivity contribution is 5.82. The first kappa shape index (κ1) is 11.8. The van der Waals surface area contributed by atoms with Crippen molar-refractivity contribution in [2.45, 2.75) is 31.3 Å². The van der Waals surface area contributed by atoms with Gasteiger partial charge in [-0.1, -0.05) is 18.2 Å². The number of nitrogens with one attached hydrogen (secondary N) is 2. The van der Waals surface area contributed by atoms with Gasteiger partial charge in [0.15, 0.2) is 0 Å². The number of hydrogen-bond acceptors (Lipinski definition) is 2. The Kier molecular flexibility index (Phi) is 3.10. The van der Waals surface area contributed by atoms with E-state index in [4.69, 9.17) is 0 Å². The van der Waals surface area contributed by atoms with E-state index in [9.17, 15) is 5.11 Å². The zero-order chi connectivity index (χ0) is 12.4. The first-order valence-corrected chi connectivity index (χ1v) is 6.75. The Hall–Kier alpha value is -1.32. The molecule has 1 aliphatic rings. The second kappa shape index (κ2) is 4.75. The monoisotopic (exact) mass is 244 g/mol. The maximum atomic E-state index is 10.3. The molecule has 1 atom stereocenters. The Morgan fingerprint density at radius 2 is 2.17 bits per heavy atom. The summed E-state index contributed by atoms with van der Waals surface area (Å²) in [7, 11) is 0. The summed E-state index contributed by atoms with van der Waals surface area (Å²) in [6.07, 6.45) is 5.95. The highest BCUT2D eigenvalue weighted by atomic mass is 16.3. The van der Waals surface area contributed by atoms with Crippen LogP contribution in [-0.4, -0.2) is 28.8 Å². The zero-order valence-electron chi connectivity index (χ0n) is 10.6. The van der Waals surface area contributed by atoms with Crippen LogP contribution in [0.2, 0.25) is 0 Å². The van der Waals surface area contributed by atoms with Crippen molar-refractivity contribution < 1.29 is 5.11 Å². The molecule has 2 aromatic rings. The van der Waals surface area contributed by atoms with Gasteiger partial charge in [0.25, 0.3) is 0 Å². The van der Waals surface area contributed by atoms with E-state index < -0.39 is 5.60 Å². The van der Waals surface area contributed by atoms with Crippen LogP contribution in [0.15, 0.2) is 30.5 Å². The second-order valence-corrected chi connectivity index (χ2v) is 5.36. The number of fused-ring (bicyclic) bond motifs is 1. The highest BCUT2D eigenvalue weighted by Crippen LogP contribution is 2.24. The fraction of sp³-hybridized carbons (Fsp3) is 0.467. The second-order valence-electron chi connectivity index (χ2n) is 5.36. The zero-order valence-corrected chi connectivity index (χ0v) is 10.6. The lowest BCUT2D eigenvalue weighted by molar-refractivity contribution is 0.0504. The largest absolute Gasteiger partial charge is 0.389 e. The molecular formula is C15H20N2O. The van der Waals surface area contributed by atoms with Crippen molar-refractivity contribution in [1.29, 1.82) is 0 Å². The summed E-state index contributed by atoms with van der Waals surface area (Å²) in [5, 5.41) is 14.8.